The van der Waals surface area contributed by atoms with Gasteiger partial charge >= 0.3 is 0 Å². The van der Waals surface area contributed by atoms with Crippen LogP contribution >= 0.6 is 0 Å². The van der Waals surface area contributed by atoms with E-state index in [2.05, 4.69) is 57.3 Å². The second-order valence-corrected chi connectivity index (χ2v) is 9.37. The number of nitrogens with one attached hydrogen (secondary N) is 1. The summed E-state index contributed by atoms with van der Waals surface area (Å²) >= 11 is 0. The number of nitrogens with zero attached hydrogens (tertiary/aromatic N) is 2. The Morgan fingerprint density at radius 1 is 1.03 bits per heavy atom. The molecular weight excluding hydrogens is 410 g/mol. The van der Waals surface area contributed by atoms with E-state index in [0.29, 0.717) is 13.0 Å². The maximum Gasteiger partial charge on any atom is 0.226 e. The van der Waals surface area contributed by atoms with Crippen LogP contribution in [0.3, 0.4) is 0 Å². The molecule has 0 saturated carbocycles. The number of aromatic amines is 1. The first-order valence-electron chi connectivity index (χ1n) is 12.3. The maximum absolute atomic E-state index is 13.0. The molecule has 33 heavy (non-hydrogen) atoms. The largest absolute Gasteiger partial charge is 0.493 e. The Labute approximate surface area is 195 Å². The zero-order valence-electron chi connectivity index (χ0n) is 19.5. The van der Waals surface area contributed by atoms with Gasteiger partial charge in [-0.2, -0.15) is 0 Å². The summed E-state index contributed by atoms with van der Waals surface area (Å²) in [5.74, 6) is 2.15. The van der Waals surface area contributed by atoms with Crippen molar-refractivity contribution < 1.29 is 9.53 Å². The van der Waals surface area contributed by atoms with Crippen molar-refractivity contribution in [2.75, 3.05) is 19.7 Å². The smallest absolute Gasteiger partial charge is 0.226 e. The van der Waals surface area contributed by atoms with Crippen LogP contribution in [0.2, 0.25) is 0 Å². The number of carbonyl (C=O) groups excluding carboxylic acids is 1. The maximum atomic E-state index is 13.0. The standard InChI is InChI=1S/C28H33N3O2/c1-20-29-25-11-9-23(19-26(25)30-20)22-10-12-27-24(18-22)8-7-21(13-16-33-27)17-28(32)31-14-5-3-2-4-6-15-31/h7,9-12,18-19H,2-6,8,13-17H2,1H3,(H,29,30)/b21-7+. The van der Waals surface area contributed by atoms with E-state index >= 15 is 0 Å². The number of imidazole rings is 1. The molecule has 1 fully saturated rings. The predicted octanol–water partition coefficient (Wildman–Crippen LogP) is 5.97. The van der Waals surface area contributed by atoms with Crippen molar-refractivity contribution in [1.29, 1.82) is 0 Å². The average Bonchev–Trinajstić information content (AvgIpc) is 3.15. The van der Waals surface area contributed by atoms with E-state index in [4.69, 9.17) is 4.74 Å². The monoisotopic (exact) mass is 443 g/mol. The SMILES string of the molecule is Cc1nc2ccc(-c3ccc4c(c3)C/C=C(/CC(=O)N3CCCCCCC3)CCO4)cc2[nH]1. The first-order valence-corrected chi connectivity index (χ1v) is 12.3. The summed E-state index contributed by atoms with van der Waals surface area (Å²) in [5.41, 5.74) is 6.74. The van der Waals surface area contributed by atoms with Crippen molar-refractivity contribution in [3.05, 3.63) is 59.4 Å². The van der Waals surface area contributed by atoms with Crippen LogP contribution in [0.4, 0.5) is 0 Å². The number of fused-ring (bicyclic) bond motifs is 2. The van der Waals surface area contributed by atoms with Gasteiger partial charge in [-0.05, 0) is 67.1 Å². The molecule has 5 nitrogen and oxygen atoms in total. The average molecular weight is 444 g/mol. The lowest BCUT2D eigenvalue weighted by molar-refractivity contribution is -0.130. The molecule has 1 amide bonds. The van der Waals surface area contributed by atoms with E-state index in [9.17, 15) is 4.79 Å². The second-order valence-electron chi connectivity index (χ2n) is 9.37. The molecule has 3 heterocycles. The number of rotatable bonds is 3. The van der Waals surface area contributed by atoms with Crippen LogP contribution in [0.1, 0.15) is 56.3 Å². The fourth-order valence-electron chi connectivity index (χ4n) is 4.99. The number of amides is 1. The minimum Gasteiger partial charge on any atom is -0.493 e. The lowest BCUT2D eigenvalue weighted by Crippen LogP contribution is -2.34. The summed E-state index contributed by atoms with van der Waals surface area (Å²) in [6, 6.07) is 12.8. The topological polar surface area (TPSA) is 58.2 Å². The molecule has 2 aromatic carbocycles. The summed E-state index contributed by atoms with van der Waals surface area (Å²) in [7, 11) is 0. The minimum atomic E-state index is 0.279. The van der Waals surface area contributed by atoms with Crippen LogP contribution in [0.15, 0.2) is 48.0 Å². The number of likely N-dealkylation sites (tertiary alicyclic amines) is 1. The number of aromatic nitrogens is 2. The normalized spacial score (nSPS) is 18.8. The first kappa shape index (κ1) is 21.7. The lowest BCUT2D eigenvalue weighted by Gasteiger charge is -2.25. The molecule has 0 aliphatic carbocycles. The van der Waals surface area contributed by atoms with Crippen LogP contribution in [-0.4, -0.2) is 40.5 Å². The Hall–Kier alpha value is -3.08. The highest BCUT2D eigenvalue weighted by Gasteiger charge is 2.18. The number of H-pyrrole nitrogens is 1. The molecule has 1 aromatic heterocycles. The quantitative estimate of drug-likeness (QED) is 0.507. The van der Waals surface area contributed by atoms with Gasteiger partial charge in [0.15, 0.2) is 0 Å². The third-order valence-electron chi connectivity index (χ3n) is 6.87. The van der Waals surface area contributed by atoms with E-state index in [0.717, 1.165) is 66.9 Å². The number of ether oxygens (including phenoxy) is 1. The lowest BCUT2D eigenvalue weighted by atomic mass is 9.97. The van der Waals surface area contributed by atoms with Crippen LogP contribution in [0.5, 0.6) is 5.75 Å². The summed E-state index contributed by atoms with van der Waals surface area (Å²) in [4.78, 5) is 22.9. The van der Waals surface area contributed by atoms with Crippen molar-refractivity contribution >= 4 is 16.9 Å². The molecular formula is C28H33N3O2. The van der Waals surface area contributed by atoms with Crippen molar-refractivity contribution in [3.8, 4) is 16.9 Å². The van der Waals surface area contributed by atoms with Gasteiger partial charge in [-0.25, -0.2) is 4.98 Å². The number of hydrogen-bond donors (Lipinski definition) is 1. The van der Waals surface area contributed by atoms with E-state index in [1.165, 1.54) is 36.0 Å². The molecule has 1 saturated heterocycles. The molecule has 0 spiro atoms. The van der Waals surface area contributed by atoms with E-state index in [-0.39, 0.29) is 5.91 Å². The van der Waals surface area contributed by atoms with Crippen LogP contribution < -0.4 is 4.74 Å². The highest BCUT2D eigenvalue weighted by Crippen LogP contribution is 2.31. The van der Waals surface area contributed by atoms with Gasteiger partial charge in [-0.3, -0.25) is 4.79 Å². The number of allylic oxidation sites excluding steroid dienone is 1. The fraction of sp³-hybridized carbons (Fsp3) is 0.429. The Morgan fingerprint density at radius 3 is 2.64 bits per heavy atom. The van der Waals surface area contributed by atoms with Crippen LogP contribution in [0.25, 0.3) is 22.2 Å². The molecule has 1 N–H and O–H groups in total. The van der Waals surface area contributed by atoms with Crippen molar-refractivity contribution in [1.82, 2.24) is 14.9 Å². The highest BCUT2D eigenvalue weighted by atomic mass is 16.5. The zero-order valence-corrected chi connectivity index (χ0v) is 19.5. The summed E-state index contributed by atoms with van der Waals surface area (Å²) < 4.78 is 6.10. The Morgan fingerprint density at radius 2 is 1.79 bits per heavy atom. The molecule has 5 heteroatoms. The molecule has 3 aromatic rings. The van der Waals surface area contributed by atoms with Crippen molar-refractivity contribution in [2.24, 2.45) is 0 Å². The van der Waals surface area contributed by atoms with Gasteiger partial charge in [-0.1, -0.05) is 43.0 Å². The van der Waals surface area contributed by atoms with Crippen LogP contribution in [0, 0.1) is 6.92 Å². The molecule has 0 bridgehead atoms. The first-order chi connectivity index (χ1) is 16.2. The Kier molecular flexibility index (Phi) is 6.47. The third kappa shape index (κ3) is 5.13. The summed E-state index contributed by atoms with van der Waals surface area (Å²) in [6.45, 7) is 4.42. The Balaban J connectivity index is 1.32. The van der Waals surface area contributed by atoms with Crippen molar-refractivity contribution in [3.63, 3.8) is 0 Å². The summed E-state index contributed by atoms with van der Waals surface area (Å²) in [6.07, 6.45) is 10.4. The van der Waals surface area contributed by atoms with Gasteiger partial charge in [0.25, 0.3) is 0 Å². The molecule has 2 aliphatic heterocycles. The van der Waals surface area contributed by atoms with Gasteiger partial charge < -0.3 is 14.6 Å². The van der Waals surface area contributed by atoms with E-state index < -0.39 is 0 Å². The molecule has 172 valence electrons. The van der Waals surface area contributed by atoms with Crippen LogP contribution in [-0.2, 0) is 11.2 Å². The number of carbonyl (C=O) groups is 1. The number of aryl methyl sites for hydroxylation is 1. The van der Waals surface area contributed by atoms with E-state index in [1.54, 1.807) is 0 Å². The predicted molar refractivity (Wildman–Crippen MR) is 132 cm³/mol. The summed E-state index contributed by atoms with van der Waals surface area (Å²) in [5, 5.41) is 0. The van der Waals surface area contributed by atoms with Gasteiger partial charge in [-0.15, -0.1) is 0 Å². The van der Waals surface area contributed by atoms with Gasteiger partial charge in [0.05, 0.1) is 17.6 Å². The number of hydrogen-bond acceptors (Lipinski definition) is 3. The minimum absolute atomic E-state index is 0.279. The zero-order chi connectivity index (χ0) is 22.6. The molecule has 2 aliphatic rings. The molecule has 0 atom stereocenters. The third-order valence-corrected chi connectivity index (χ3v) is 6.87. The molecule has 0 unspecified atom stereocenters. The Bertz CT molecular complexity index is 1170. The van der Waals surface area contributed by atoms with Gasteiger partial charge in [0, 0.05) is 25.9 Å². The molecule has 0 radical (unpaired) electrons. The second kappa shape index (κ2) is 9.82. The molecule has 5 rings (SSSR count). The van der Waals surface area contributed by atoms with Crippen molar-refractivity contribution in [2.45, 2.75) is 58.3 Å². The number of benzene rings is 2. The fourth-order valence-corrected chi connectivity index (χ4v) is 4.99. The van der Waals surface area contributed by atoms with Gasteiger partial charge in [0.1, 0.15) is 11.6 Å². The highest BCUT2D eigenvalue weighted by molar-refractivity contribution is 5.82. The van der Waals surface area contributed by atoms with Gasteiger partial charge in [0.2, 0.25) is 5.91 Å². The van der Waals surface area contributed by atoms with E-state index in [1.807, 2.05) is 6.92 Å².